The van der Waals surface area contributed by atoms with Crippen LogP contribution in [0.5, 0.6) is 0 Å². The smallest absolute Gasteiger partial charge is 0.0888 e. The van der Waals surface area contributed by atoms with E-state index in [0.29, 0.717) is 0 Å². The molecular formula is C10H13IN2. The van der Waals surface area contributed by atoms with Crippen molar-refractivity contribution in [3.63, 3.8) is 0 Å². The number of aliphatic imine (C=N–C) groups is 1. The largest absolute Gasteiger partial charge is 0.336 e. The lowest BCUT2D eigenvalue weighted by atomic mass is 10.2. The zero-order valence-corrected chi connectivity index (χ0v) is 10.2. The molecule has 3 heteroatoms. The van der Waals surface area contributed by atoms with Gasteiger partial charge in [-0.05, 0) is 47.2 Å². The van der Waals surface area contributed by atoms with E-state index in [1.807, 2.05) is 11.9 Å². The molecule has 0 heterocycles. The van der Waals surface area contributed by atoms with Crippen LogP contribution in [0.1, 0.15) is 5.56 Å². The summed E-state index contributed by atoms with van der Waals surface area (Å²) in [5.74, 6) is 0. The molecule has 0 amide bonds. The maximum atomic E-state index is 3.96. The molecule has 0 saturated heterocycles. The minimum absolute atomic E-state index is 1.17. The fourth-order valence-corrected chi connectivity index (χ4v) is 1.54. The summed E-state index contributed by atoms with van der Waals surface area (Å²) in [6, 6.07) is 6.37. The van der Waals surface area contributed by atoms with Crippen LogP contribution in [-0.4, -0.2) is 20.4 Å². The molecule has 0 atom stereocenters. The van der Waals surface area contributed by atoms with Gasteiger partial charge in [0.1, 0.15) is 0 Å². The van der Waals surface area contributed by atoms with E-state index in [2.05, 4.69) is 52.7 Å². The lowest BCUT2D eigenvalue weighted by molar-refractivity contribution is 1.26. The maximum Gasteiger partial charge on any atom is 0.0888 e. The Morgan fingerprint density at radius 1 is 1.46 bits per heavy atom. The molecule has 0 unspecified atom stereocenters. The molecule has 0 aliphatic heterocycles. The van der Waals surface area contributed by atoms with Crippen LogP contribution in [0.3, 0.4) is 0 Å². The monoisotopic (exact) mass is 288 g/mol. The van der Waals surface area contributed by atoms with Crippen molar-refractivity contribution in [1.82, 2.24) is 0 Å². The molecule has 0 aliphatic carbocycles. The highest BCUT2D eigenvalue weighted by Gasteiger charge is 1.99. The third kappa shape index (κ3) is 2.69. The predicted molar refractivity (Wildman–Crippen MR) is 66.7 cm³/mol. The number of aryl methyl sites for hydroxylation is 1. The van der Waals surface area contributed by atoms with Crippen molar-refractivity contribution in [1.29, 1.82) is 0 Å². The van der Waals surface area contributed by atoms with Gasteiger partial charge in [-0.25, -0.2) is 0 Å². The molecule has 0 N–H and O–H groups in total. The van der Waals surface area contributed by atoms with Crippen molar-refractivity contribution >= 4 is 34.6 Å². The fraction of sp³-hybridized carbons (Fsp3) is 0.300. The van der Waals surface area contributed by atoms with Gasteiger partial charge in [-0.2, -0.15) is 0 Å². The first-order chi connectivity index (χ1) is 6.15. The molecule has 1 aromatic carbocycles. The predicted octanol–water partition coefficient (Wildman–Crippen LogP) is 2.69. The number of nitrogens with zero attached hydrogens (tertiary/aromatic N) is 2. The van der Waals surface area contributed by atoms with Crippen LogP contribution < -0.4 is 4.90 Å². The summed E-state index contributed by atoms with van der Waals surface area (Å²) in [4.78, 5) is 5.96. The Balaban J connectivity index is 2.96. The van der Waals surface area contributed by atoms with Gasteiger partial charge >= 0.3 is 0 Å². The Hall–Kier alpha value is -0.580. The molecular weight excluding hydrogens is 275 g/mol. The Labute approximate surface area is 92.8 Å². The van der Waals surface area contributed by atoms with Gasteiger partial charge < -0.3 is 4.90 Å². The van der Waals surface area contributed by atoms with Gasteiger partial charge in [0.15, 0.2) is 0 Å². The van der Waals surface area contributed by atoms with Crippen molar-refractivity contribution in [2.75, 3.05) is 19.0 Å². The molecule has 2 nitrogen and oxygen atoms in total. The molecule has 13 heavy (non-hydrogen) atoms. The third-order valence-corrected chi connectivity index (χ3v) is 3.01. The van der Waals surface area contributed by atoms with Crippen molar-refractivity contribution in [3.05, 3.63) is 27.3 Å². The number of hydrogen-bond acceptors (Lipinski definition) is 1. The molecule has 0 saturated carbocycles. The zero-order valence-electron chi connectivity index (χ0n) is 8.08. The van der Waals surface area contributed by atoms with Gasteiger partial charge in [0.2, 0.25) is 0 Å². The van der Waals surface area contributed by atoms with E-state index in [0.717, 1.165) is 0 Å². The summed E-state index contributed by atoms with van der Waals surface area (Å²) < 4.78 is 1.28. The first-order valence-electron chi connectivity index (χ1n) is 4.06. The van der Waals surface area contributed by atoms with Crippen LogP contribution in [0.4, 0.5) is 5.69 Å². The lowest BCUT2D eigenvalue weighted by Crippen LogP contribution is -2.14. The van der Waals surface area contributed by atoms with Gasteiger partial charge in [-0.1, -0.05) is 6.07 Å². The Bertz CT molecular complexity index is 321. The minimum Gasteiger partial charge on any atom is -0.336 e. The fourth-order valence-electron chi connectivity index (χ4n) is 1.04. The first kappa shape index (κ1) is 10.5. The summed E-state index contributed by atoms with van der Waals surface area (Å²) in [5, 5.41) is 0. The number of benzene rings is 1. The number of rotatable bonds is 2. The standard InChI is InChI=1S/C10H13IN2/c1-8-4-5-9(6-10(8)11)13(3)7-12-2/h4-7H,1-3H3/b12-7-. The third-order valence-electron chi connectivity index (χ3n) is 1.85. The highest BCUT2D eigenvalue weighted by molar-refractivity contribution is 14.1. The van der Waals surface area contributed by atoms with Crippen molar-refractivity contribution in [3.8, 4) is 0 Å². The van der Waals surface area contributed by atoms with Crippen LogP contribution in [0.15, 0.2) is 23.2 Å². The number of halogens is 1. The Kier molecular flexibility index (Phi) is 3.71. The first-order valence-corrected chi connectivity index (χ1v) is 5.14. The highest BCUT2D eigenvalue weighted by atomic mass is 127. The van der Waals surface area contributed by atoms with E-state index in [1.165, 1.54) is 14.8 Å². The van der Waals surface area contributed by atoms with Crippen molar-refractivity contribution in [2.24, 2.45) is 4.99 Å². The van der Waals surface area contributed by atoms with E-state index in [4.69, 9.17) is 0 Å². The van der Waals surface area contributed by atoms with Crippen LogP contribution in [0.25, 0.3) is 0 Å². The SMILES string of the molecule is C/N=C\N(C)c1ccc(C)c(I)c1. The maximum absolute atomic E-state index is 3.96. The molecule has 1 aromatic rings. The van der Waals surface area contributed by atoms with Gasteiger partial charge in [0.05, 0.1) is 6.34 Å². The summed E-state index contributed by atoms with van der Waals surface area (Å²) in [6.07, 6.45) is 1.81. The highest BCUT2D eigenvalue weighted by Crippen LogP contribution is 2.18. The van der Waals surface area contributed by atoms with Gasteiger partial charge in [-0.15, -0.1) is 0 Å². The summed E-state index contributed by atoms with van der Waals surface area (Å²) in [6.45, 7) is 2.11. The minimum atomic E-state index is 1.17. The van der Waals surface area contributed by atoms with E-state index < -0.39 is 0 Å². The Morgan fingerprint density at radius 2 is 2.15 bits per heavy atom. The molecule has 0 spiro atoms. The van der Waals surface area contributed by atoms with Gasteiger partial charge in [0.25, 0.3) is 0 Å². The second-order valence-corrected chi connectivity index (χ2v) is 4.08. The van der Waals surface area contributed by atoms with E-state index in [1.54, 1.807) is 13.4 Å². The van der Waals surface area contributed by atoms with E-state index in [-0.39, 0.29) is 0 Å². The van der Waals surface area contributed by atoms with E-state index in [9.17, 15) is 0 Å². The quantitative estimate of drug-likeness (QED) is 0.464. The van der Waals surface area contributed by atoms with Crippen LogP contribution in [0, 0.1) is 10.5 Å². The zero-order chi connectivity index (χ0) is 9.84. The van der Waals surface area contributed by atoms with Crippen molar-refractivity contribution < 1.29 is 0 Å². The molecule has 0 fully saturated rings. The average Bonchev–Trinajstić information content (AvgIpc) is 2.10. The molecule has 70 valence electrons. The van der Waals surface area contributed by atoms with E-state index >= 15 is 0 Å². The number of hydrogen-bond donors (Lipinski definition) is 0. The molecule has 0 radical (unpaired) electrons. The van der Waals surface area contributed by atoms with Crippen LogP contribution in [0.2, 0.25) is 0 Å². The lowest BCUT2D eigenvalue weighted by Gasteiger charge is -2.13. The second-order valence-electron chi connectivity index (χ2n) is 2.92. The second kappa shape index (κ2) is 4.60. The summed E-state index contributed by atoms with van der Waals surface area (Å²) in [5.41, 5.74) is 2.48. The molecule has 1 rings (SSSR count). The topological polar surface area (TPSA) is 15.6 Å². The Morgan fingerprint density at radius 3 is 2.69 bits per heavy atom. The molecule has 0 bridgehead atoms. The summed E-state index contributed by atoms with van der Waals surface area (Å²) >= 11 is 2.34. The normalized spacial score (nSPS) is 10.8. The average molecular weight is 288 g/mol. The number of anilines is 1. The van der Waals surface area contributed by atoms with Crippen LogP contribution in [-0.2, 0) is 0 Å². The molecule has 0 aliphatic rings. The van der Waals surface area contributed by atoms with Gasteiger partial charge in [0, 0.05) is 23.4 Å². The summed E-state index contributed by atoms with van der Waals surface area (Å²) in [7, 11) is 3.77. The molecule has 0 aromatic heterocycles. The van der Waals surface area contributed by atoms with Crippen molar-refractivity contribution in [2.45, 2.75) is 6.92 Å². The van der Waals surface area contributed by atoms with Crippen LogP contribution >= 0.6 is 22.6 Å². The van der Waals surface area contributed by atoms with Gasteiger partial charge in [-0.3, -0.25) is 4.99 Å².